The van der Waals surface area contributed by atoms with Gasteiger partial charge in [-0.1, -0.05) is 17.4 Å². The number of nitrogens with two attached hydrogens (primary N) is 2. The highest BCUT2D eigenvalue weighted by Crippen LogP contribution is 2.24. The molecule has 6 N–H and O–H groups in total. The fourth-order valence-electron chi connectivity index (χ4n) is 3.27. The molecule has 2 aromatic heterocycles. The van der Waals surface area contributed by atoms with Crippen LogP contribution in [0, 0.1) is 5.82 Å². The number of benzene rings is 1. The van der Waals surface area contributed by atoms with Gasteiger partial charge in [-0.25, -0.2) is 10.2 Å². The van der Waals surface area contributed by atoms with Gasteiger partial charge in [0.25, 0.3) is 5.91 Å². The molecule has 2 amide bonds. The smallest absolute Gasteiger partial charge is 0.406 e. The van der Waals surface area contributed by atoms with E-state index < -0.39 is 30.4 Å². The van der Waals surface area contributed by atoms with Crippen molar-refractivity contribution in [1.29, 1.82) is 0 Å². The quantitative estimate of drug-likeness (QED) is 0.0781. The van der Waals surface area contributed by atoms with Crippen LogP contribution in [0.5, 0.6) is 5.75 Å². The van der Waals surface area contributed by atoms with Gasteiger partial charge in [-0.2, -0.15) is 0 Å². The van der Waals surface area contributed by atoms with E-state index in [1.54, 1.807) is 24.4 Å². The van der Waals surface area contributed by atoms with E-state index >= 15 is 0 Å². The third-order valence-corrected chi connectivity index (χ3v) is 5.99. The molecule has 214 valence electrons. The predicted molar refractivity (Wildman–Crippen MR) is 138 cm³/mol. The zero-order valence-corrected chi connectivity index (χ0v) is 21.8. The summed E-state index contributed by atoms with van der Waals surface area (Å²) < 4.78 is 54.8. The molecule has 0 spiro atoms. The van der Waals surface area contributed by atoms with E-state index in [0.717, 1.165) is 23.2 Å². The van der Waals surface area contributed by atoms with Gasteiger partial charge in [-0.15, -0.1) is 23.4 Å². The summed E-state index contributed by atoms with van der Waals surface area (Å²) in [5.74, 6) is 3.38. The minimum absolute atomic E-state index is 0.123. The van der Waals surface area contributed by atoms with Gasteiger partial charge < -0.3 is 26.1 Å². The molecule has 0 atom stereocenters. The lowest BCUT2D eigenvalue weighted by Crippen LogP contribution is -2.33. The molecule has 16 heteroatoms. The molecule has 2 heterocycles. The number of hydrazine groups is 1. The number of ether oxygens (including phenoxy) is 1. The number of hydrogen-bond acceptors (Lipinski definition) is 10. The molecule has 1 aromatic carbocycles. The summed E-state index contributed by atoms with van der Waals surface area (Å²) in [6, 6.07) is 7.76. The van der Waals surface area contributed by atoms with Crippen LogP contribution >= 0.6 is 11.3 Å². The molecule has 40 heavy (non-hydrogen) atoms. The summed E-state index contributed by atoms with van der Waals surface area (Å²) in [4.78, 5) is 28.4. The van der Waals surface area contributed by atoms with Crippen molar-refractivity contribution in [3.63, 3.8) is 0 Å². The number of nitrogens with one attached hydrogen (secondary N) is 2. The van der Waals surface area contributed by atoms with E-state index in [2.05, 4.69) is 30.6 Å². The molecular weight excluding hydrogens is 556 g/mol. The van der Waals surface area contributed by atoms with E-state index in [4.69, 9.17) is 11.6 Å². The van der Waals surface area contributed by atoms with E-state index in [0.29, 0.717) is 36.6 Å². The van der Waals surface area contributed by atoms with Crippen molar-refractivity contribution < 1.29 is 31.9 Å². The molecule has 0 saturated heterocycles. The second-order valence-electron chi connectivity index (χ2n) is 8.31. The standard InChI is InChI=1S/C24H26F4N8O3S/c25-18-8-7-17(39-24(26,27)28)11-15(18)13-32-22(38)19(29)14-36(30)10-4-2-6-21-34-35-23(40-21)33-20(37)12-16-5-1-3-9-31-16/h1,3,5,7-9,11,14H,2,4,6,10,12-13,29-30H2,(H,32,38)(H,33,35,37)/b19-14-. The highest BCUT2D eigenvalue weighted by molar-refractivity contribution is 7.15. The maximum atomic E-state index is 13.9. The van der Waals surface area contributed by atoms with Gasteiger partial charge in [0, 0.05) is 43.2 Å². The molecule has 3 aromatic rings. The Morgan fingerprint density at radius 2 is 1.95 bits per heavy atom. The minimum atomic E-state index is -4.94. The Morgan fingerprint density at radius 3 is 2.67 bits per heavy atom. The van der Waals surface area contributed by atoms with Crippen molar-refractivity contribution in [3.8, 4) is 5.75 Å². The summed E-state index contributed by atoms with van der Waals surface area (Å²) in [7, 11) is 0. The van der Waals surface area contributed by atoms with E-state index in [9.17, 15) is 27.2 Å². The van der Waals surface area contributed by atoms with Crippen molar-refractivity contribution in [2.24, 2.45) is 11.6 Å². The SMILES string of the molecule is N/C(=C\N(N)CCCCc1nnc(NC(=O)Cc2ccccn2)s1)C(=O)NCc1cc(OC(F)(F)F)ccc1F. The zero-order chi connectivity index (χ0) is 29.1. The molecule has 0 aliphatic heterocycles. The minimum Gasteiger partial charge on any atom is -0.406 e. The van der Waals surface area contributed by atoms with E-state index in [-0.39, 0.29) is 23.6 Å². The lowest BCUT2D eigenvalue weighted by molar-refractivity contribution is -0.274. The van der Waals surface area contributed by atoms with Gasteiger partial charge in [0.1, 0.15) is 22.3 Å². The van der Waals surface area contributed by atoms with Crippen molar-refractivity contribution in [2.45, 2.75) is 38.6 Å². The average Bonchev–Trinajstić information content (AvgIpc) is 3.33. The number of unbranched alkanes of at least 4 members (excludes halogenated alkanes) is 1. The van der Waals surface area contributed by atoms with Crippen LogP contribution in [0.4, 0.5) is 22.7 Å². The number of carbonyl (C=O) groups excluding carboxylic acids is 2. The second kappa shape index (κ2) is 14.2. The largest absolute Gasteiger partial charge is 0.573 e. The lowest BCUT2D eigenvalue weighted by Gasteiger charge is -2.15. The normalized spacial score (nSPS) is 11.7. The fourth-order valence-corrected chi connectivity index (χ4v) is 4.07. The first kappa shape index (κ1) is 30.2. The number of anilines is 1. The third kappa shape index (κ3) is 10.5. The number of alkyl halides is 3. The topological polar surface area (TPSA) is 161 Å². The molecule has 0 saturated carbocycles. The predicted octanol–water partition coefficient (Wildman–Crippen LogP) is 2.77. The number of amides is 2. The number of carbonyl (C=O) groups is 2. The number of hydrogen-bond donors (Lipinski definition) is 4. The van der Waals surface area contributed by atoms with Crippen molar-refractivity contribution in [2.75, 3.05) is 11.9 Å². The molecule has 3 rings (SSSR count). The summed E-state index contributed by atoms with van der Waals surface area (Å²) in [6.45, 7) is -0.0851. The third-order valence-electron chi connectivity index (χ3n) is 5.10. The fraction of sp³-hybridized carbons (Fsp3) is 0.292. The molecule has 0 radical (unpaired) electrons. The van der Waals surface area contributed by atoms with Crippen molar-refractivity contribution >= 4 is 28.3 Å². The van der Waals surface area contributed by atoms with Gasteiger partial charge in [-0.3, -0.25) is 14.6 Å². The number of rotatable bonds is 13. The number of aryl methyl sites for hydroxylation is 1. The monoisotopic (exact) mass is 582 g/mol. The zero-order valence-electron chi connectivity index (χ0n) is 20.9. The lowest BCUT2D eigenvalue weighted by atomic mass is 10.2. The molecule has 0 fully saturated rings. The van der Waals surface area contributed by atoms with Crippen LogP contribution in [0.1, 0.15) is 29.1 Å². The summed E-state index contributed by atoms with van der Waals surface area (Å²) in [5.41, 5.74) is 5.87. The van der Waals surface area contributed by atoms with Gasteiger partial charge in [0.15, 0.2) is 0 Å². The average molecular weight is 583 g/mol. The van der Waals surface area contributed by atoms with Crippen LogP contribution in [-0.2, 0) is 29.0 Å². The first-order valence-corrected chi connectivity index (χ1v) is 12.6. The molecular formula is C24H26F4N8O3S. The Morgan fingerprint density at radius 1 is 1.15 bits per heavy atom. The summed E-state index contributed by atoms with van der Waals surface area (Å²) >= 11 is 1.26. The molecule has 0 bridgehead atoms. The van der Waals surface area contributed by atoms with Gasteiger partial charge in [0.05, 0.1) is 6.42 Å². The first-order chi connectivity index (χ1) is 19.0. The first-order valence-electron chi connectivity index (χ1n) is 11.8. The van der Waals surface area contributed by atoms with Crippen LogP contribution in [0.2, 0.25) is 0 Å². The maximum absolute atomic E-state index is 13.9. The number of nitrogens with zero attached hydrogens (tertiary/aromatic N) is 4. The van der Waals surface area contributed by atoms with E-state index in [1.165, 1.54) is 22.5 Å². The Bertz CT molecular complexity index is 1320. The Labute approximate surface area is 230 Å². The highest BCUT2D eigenvalue weighted by Gasteiger charge is 2.31. The molecule has 11 nitrogen and oxygen atoms in total. The van der Waals surface area contributed by atoms with E-state index in [1.807, 2.05) is 0 Å². The number of aromatic nitrogens is 3. The van der Waals surface area contributed by atoms with Gasteiger partial charge in [0.2, 0.25) is 11.0 Å². The van der Waals surface area contributed by atoms with Crippen LogP contribution in [0.25, 0.3) is 0 Å². The Balaban J connectivity index is 1.37. The van der Waals surface area contributed by atoms with Crippen LogP contribution in [-0.4, -0.2) is 44.9 Å². The van der Waals surface area contributed by atoms with Crippen LogP contribution < -0.4 is 26.9 Å². The van der Waals surface area contributed by atoms with Gasteiger partial charge in [-0.05, 0) is 43.2 Å². The highest BCUT2D eigenvalue weighted by atomic mass is 32.1. The van der Waals surface area contributed by atoms with Gasteiger partial charge >= 0.3 is 6.36 Å². The second-order valence-corrected chi connectivity index (χ2v) is 9.37. The summed E-state index contributed by atoms with van der Waals surface area (Å²) in [6.07, 6.45) is -0.134. The maximum Gasteiger partial charge on any atom is 0.573 e. The van der Waals surface area contributed by atoms with Crippen molar-refractivity contribution in [3.05, 3.63) is 76.6 Å². The van der Waals surface area contributed by atoms with Crippen LogP contribution in [0.15, 0.2) is 54.5 Å². The summed E-state index contributed by atoms with van der Waals surface area (Å²) in [5, 5.41) is 15.3. The number of halogens is 4. The molecule has 0 aliphatic rings. The Hall–Kier alpha value is -4.31. The number of pyridine rings is 1. The van der Waals surface area contributed by atoms with Crippen molar-refractivity contribution in [1.82, 2.24) is 25.5 Å². The Kier molecular flexibility index (Phi) is 10.7. The molecule has 0 aliphatic carbocycles. The molecule has 0 unspecified atom stereocenters. The van der Waals surface area contributed by atoms with Crippen LogP contribution in [0.3, 0.4) is 0 Å².